The van der Waals surface area contributed by atoms with Crippen LogP contribution in [0.1, 0.15) is 12.8 Å². The van der Waals surface area contributed by atoms with Crippen LogP contribution >= 0.6 is 0 Å². The van der Waals surface area contributed by atoms with E-state index in [4.69, 9.17) is 0 Å². The minimum absolute atomic E-state index is 0.0885. The molecule has 2 aromatic rings. The van der Waals surface area contributed by atoms with Crippen LogP contribution in [0, 0.1) is 0 Å². The van der Waals surface area contributed by atoms with E-state index in [0.717, 1.165) is 6.42 Å². The molecule has 3 rings (SSSR count). The molecule has 1 saturated heterocycles. The van der Waals surface area contributed by atoms with Gasteiger partial charge in [-0.25, -0.2) is 9.97 Å². The molecule has 0 unspecified atom stereocenters. The van der Waals surface area contributed by atoms with Crippen molar-refractivity contribution in [1.82, 2.24) is 15.0 Å². The Labute approximate surface area is 122 Å². The predicted molar refractivity (Wildman–Crippen MR) is 70.8 cm³/mol. The SMILES string of the molecule is O=C1CCCN1Nc1ncnc2ccc(OC(F)(F)F)cc12. The third kappa shape index (κ3) is 3.02. The number of halogens is 3. The van der Waals surface area contributed by atoms with E-state index in [1.165, 1.54) is 29.5 Å². The average Bonchev–Trinajstić information content (AvgIpc) is 2.83. The van der Waals surface area contributed by atoms with Crippen molar-refractivity contribution in [2.24, 2.45) is 0 Å². The Morgan fingerprint density at radius 3 is 2.77 bits per heavy atom. The number of alkyl halides is 3. The Kier molecular flexibility index (Phi) is 3.47. The predicted octanol–water partition coefficient (Wildman–Crippen LogP) is 2.48. The minimum atomic E-state index is -4.78. The summed E-state index contributed by atoms with van der Waals surface area (Å²) in [5.41, 5.74) is 3.26. The van der Waals surface area contributed by atoms with Crippen molar-refractivity contribution in [3.63, 3.8) is 0 Å². The highest BCUT2D eigenvalue weighted by Gasteiger charge is 2.31. The number of carbonyl (C=O) groups is 1. The van der Waals surface area contributed by atoms with Crippen molar-refractivity contribution in [2.45, 2.75) is 19.2 Å². The van der Waals surface area contributed by atoms with Crippen LogP contribution in [0.3, 0.4) is 0 Å². The smallest absolute Gasteiger partial charge is 0.406 e. The molecule has 0 aliphatic carbocycles. The van der Waals surface area contributed by atoms with Gasteiger partial charge in [-0.1, -0.05) is 0 Å². The third-order valence-electron chi connectivity index (χ3n) is 3.15. The van der Waals surface area contributed by atoms with Gasteiger partial charge in [0.2, 0.25) is 5.91 Å². The van der Waals surface area contributed by atoms with Crippen LogP contribution in [0.4, 0.5) is 19.0 Å². The summed E-state index contributed by atoms with van der Waals surface area (Å²) < 4.78 is 40.8. The summed E-state index contributed by atoms with van der Waals surface area (Å²) >= 11 is 0. The lowest BCUT2D eigenvalue weighted by atomic mass is 10.2. The number of nitrogens with one attached hydrogen (secondary N) is 1. The molecule has 0 saturated carbocycles. The molecule has 0 radical (unpaired) electrons. The lowest BCUT2D eigenvalue weighted by molar-refractivity contribution is -0.274. The summed E-state index contributed by atoms with van der Waals surface area (Å²) in [6.07, 6.45) is -2.35. The van der Waals surface area contributed by atoms with Gasteiger partial charge in [-0.15, -0.1) is 13.2 Å². The zero-order valence-electron chi connectivity index (χ0n) is 11.2. The first kappa shape index (κ1) is 14.4. The van der Waals surface area contributed by atoms with Gasteiger partial charge >= 0.3 is 6.36 Å². The van der Waals surface area contributed by atoms with Crippen molar-refractivity contribution in [1.29, 1.82) is 0 Å². The molecule has 9 heteroatoms. The Morgan fingerprint density at radius 1 is 1.27 bits per heavy atom. The zero-order chi connectivity index (χ0) is 15.7. The Morgan fingerprint density at radius 2 is 2.09 bits per heavy atom. The molecule has 1 N–H and O–H groups in total. The highest BCUT2D eigenvalue weighted by atomic mass is 19.4. The average molecular weight is 312 g/mol. The van der Waals surface area contributed by atoms with Crippen molar-refractivity contribution < 1.29 is 22.7 Å². The number of amides is 1. The van der Waals surface area contributed by atoms with Gasteiger partial charge in [0.25, 0.3) is 0 Å². The fourth-order valence-corrected chi connectivity index (χ4v) is 2.22. The number of benzene rings is 1. The highest BCUT2D eigenvalue weighted by Crippen LogP contribution is 2.29. The van der Waals surface area contributed by atoms with Gasteiger partial charge in [0.15, 0.2) is 5.82 Å². The summed E-state index contributed by atoms with van der Waals surface area (Å²) in [6, 6.07) is 3.76. The number of aromatic nitrogens is 2. The number of nitrogens with zero attached hydrogens (tertiary/aromatic N) is 3. The molecule has 22 heavy (non-hydrogen) atoms. The van der Waals surface area contributed by atoms with Gasteiger partial charge in [-0.2, -0.15) is 0 Å². The summed E-state index contributed by atoms with van der Waals surface area (Å²) in [6.45, 7) is 0.517. The first-order valence-corrected chi connectivity index (χ1v) is 6.50. The van der Waals surface area contributed by atoms with Crippen LogP contribution in [0.15, 0.2) is 24.5 Å². The summed E-state index contributed by atoms with van der Waals surface area (Å²) in [5.74, 6) is -0.201. The van der Waals surface area contributed by atoms with Crippen LogP contribution in [0.5, 0.6) is 5.75 Å². The summed E-state index contributed by atoms with van der Waals surface area (Å²) in [5, 5.41) is 1.72. The summed E-state index contributed by atoms with van der Waals surface area (Å²) in [7, 11) is 0. The second-order valence-corrected chi connectivity index (χ2v) is 4.71. The fraction of sp³-hybridized carbons (Fsp3) is 0.308. The Balaban J connectivity index is 1.95. The lowest BCUT2D eigenvalue weighted by Gasteiger charge is -2.18. The molecule has 2 heterocycles. The van der Waals surface area contributed by atoms with E-state index in [-0.39, 0.29) is 17.5 Å². The van der Waals surface area contributed by atoms with E-state index in [1.807, 2.05) is 0 Å². The zero-order valence-corrected chi connectivity index (χ0v) is 11.2. The molecule has 0 spiro atoms. The van der Waals surface area contributed by atoms with Crippen LogP contribution in [0.2, 0.25) is 0 Å². The van der Waals surface area contributed by atoms with Crippen LogP contribution < -0.4 is 10.2 Å². The number of fused-ring (bicyclic) bond motifs is 1. The van der Waals surface area contributed by atoms with Crippen molar-refractivity contribution in [2.75, 3.05) is 12.0 Å². The maximum Gasteiger partial charge on any atom is 0.573 e. The van der Waals surface area contributed by atoms with Gasteiger partial charge < -0.3 is 4.74 Å². The van der Waals surface area contributed by atoms with Gasteiger partial charge in [-0.3, -0.25) is 15.2 Å². The maximum absolute atomic E-state index is 12.3. The highest BCUT2D eigenvalue weighted by molar-refractivity contribution is 5.91. The quantitative estimate of drug-likeness (QED) is 0.943. The normalized spacial score (nSPS) is 15.4. The van der Waals surface area contributed by atoms with E-state index in [1.54, 1.807) is 0 Å². The number of hydrazine groups is 1. The second kappa shape index (κ2) is 5.32. The number of hydrogen-bond acceptors (Lipinski definition) is 5. The van der Waals surface area contributed by atoms with Crippen LogP contribution in [0.25, 0.3) is 10.9 Å². The molecule has 1 fully saturated rings. The van der Waals surface area contributed by atoms with Crippen molar-refractivity contribution >= 4 is 22.6 Å². The number of carbonyl (C=O) groups excluding carboxylic acids is 1. The second-order valence-electron chi connectivity index (χ2n) is 4.71. The molecule has 116 valence electrons. The van der Waals surface area contributed by atoms with Gasteiger partial charge in [0, 0.05) is 18.4 Å². The molecule has 6 nitrogen and oxygen atoms in total. The number of rotatable bonds is 3. The van der Waals surface area contributed by atoms with Gasteiger partial charge in [0.05, 0.1) is 5.52 Å². The molecule has 1 aliphatic rings. The molecule has 1 aromatic carbocycles. The Bertz CT molecular complexity index is 720. The monoisotopic (exact) mass is 312 g/mol. The van der Waals surface area contributed by atoms with E-state index < -0.39 is 6.36 Å². The Hall–Kier alpha value is -2.58. The van der Waals surface area contributed by atoms with Gasteiger partial charge in [-0.05, 0) is 24.6 Å². The number of hydrogen-bond donors (Lipinski definition) is 1. The molecule has 0 atom stereocenters. The van der Waals surface area contributed by atoms with Gasteiger partial charge in [0.1, 0.15) is 12.1 Å². The topological polar surface area (TPSA) is 67.4 Å². The molecule has 1 amide bonds. The van der Waals surface area contributed by atoms with E-state index in [2.05, 4.69) is 20.1 Å². The lowest BCUT2D eigenvalue weighted by Crippen LogP contribution is -2.31. The van der Waals surface area contributed by atoms with Crippen LogP contribution in [-0.4, -0.2) is 33.8 Å². The van der Waals surface area contributed by atoms with Crippen LogP contribution in [-0.2, 0) is 4.79 Å². The van der Waals surface area contributed by atoms with Crippen molar-refractivity contribution in [3.05, 3.63) is 24.5 Å². The van der Waals surface area contributed by atoms with E-state index in [0.29, 0.717) is 23.9 Å². The molecule has 0 bridgehead atoms. The van der Waals surface area contributed by atoms with Crippen molar-refractivity contribution in [3.8, 4) is 5.75 Å². The maximum atomic E-state index is 12.3. The third-order valence-corrected chi connectivity index (χ3v) is 3.15. The molecule has 1 aromatic heterocycles. The fourth-order valence-electron chi connectivity index (χ4n) is 2.22. The first-order valence-electron chi connectivity index (χ1n) is 6.50. The number of ether oxygens (including phenoxy) is 1. The molecular weight excluding hydrogens is 301 g/mol. The number of anilines is 1. The van der Waals surface area contributed by atoms with E-state index >= 15 is 0 Å². The van der Waals surface area contributed by atoms with E-state index in [9.17, 15) is 18.0 Å². The molecular formula is C13H11F3N4O2. The minimum Gasteiger partial charge on any atom is -0.406 e. The first-order chi connectivity index (χ1) is 10.4. The standard InChI is InChI=1S/C13H11F3N4O2/c14-13(15,16)22-8-3-4-10-9(6-8)12(18-7-17-10)19-20-5-1-2-11(20)21/h3-4,6-7H,1-2,5H2,(H,17,18,19). The largest absolute Gasteiger partial charge is 0.573 e. The molecule has 1 aliphatic heterocycles. The summed E-state index contributed by atoms with van der Waals surface area (Å²) in [4.78, 5) is 19.6.